The van der Waals surface area contributed by atoms with Gasteiger partial charge in [-0.3, -0.25) is 9.98 Å². The lowest BCUT2D eigenvalue weighted by Gasteiger charge is -2.05. The molecule has 0 bridgehead atoms. The van der Waals surface area contributed by atoms with E-state index in [1.165, 1.54) is 13.1 Å². The summed E-state index contributed by atoms with van der Waals surface area (Å²) in [4.78, 5) is 20.2. The van der Waals surface area contributed by atoms with Crippen molar-refractivity contribution in [2.45, 2.75) is 20.3 Å². The number of rotatable bonds is 6. The van der Waals surface area contributed by atoms with Gasteiger partial charge in [0.05, 0.1) is 12.3 Å². The summed E-state index contributed by atoms with van der Waals surface area (Å²) in [6.07, 6.45) is 5.50. The van der Waals surface area contributed by atoms with Crippen LogP contribution in [0.3, 0.4) is 0 Å². The van der Waals surface area contributed by atoms with Crippen molar-refractivity contribution < 1.29 is 14.6 Å². The molecule has 0 aliphatic heterocycles. The third kappa shape index (κ3) is 4.78. The van der Waals surface area contributed by atoms with Crippen LogP contribution in [0, 0.1) is 0 Å². The van der Waals surface area contributed by atoms with Crippen LogP contribution in [0.15, 0.2) is 65.1 Å². The molecule has 1 N–H and O–H groups in total. The van der Waals surface area contributed by atoms with Crippen LogP contribution < -0.4 is 0 Å². The van der Waals surface area contributed by atoms with Crippen molar-refractivity contribution in [2.75, 3.05) is 6.61 Å². The van der Waals surface area contributed by atoms with Crippen LogP contribution in [0.1, 0.15) is 20.3 Å². The first-order valence-corrected chi connectivity index (χ1v) is 7.73. The number of carbonyl (C=O) groups excluding carboxylic acids is 1. The van der Waals surface area contributed by atoms with E-state index < -0.39 is 5.97 Å². The maximum Gasteiger partial charge on any atom is 0.343 e. The van der Waals surface area contributed by atoms with Crippen molar-refractivity contribution in [3.63, 3.8) is 0 Å². The normalized spacial score (nSPS) is 12.1. The Labute approximate surface area is 141 Å². The SMILES string of the molecule is CCCOC(=O)C(C=Nc1cccc(-c2ccncc2)c1)=C(C)O. The molecule has 0 aliphatic carbocycles. The summed E-state index contributed by atoms with van der Waals surface area (Å²) in [5, 5.41) is 9.67. The molecule has 0 unspecified atom stereocenters. The van der Waals surface area contributed by atoms with E-state index in [-0.39, 0.29) is 11.3 Å². The number of benzene rings is 1. The minimum Gasteiger partial charge on any atom is -0.512 e. The van der Waals surface area contributed by atoms with Gasteiger partial charge in [-0.05, 0) is 48.7 Å². The quantitative estimate of drug-likeness (QED) is 0.373. The van der Waals surface area contributed by atoms with Gasteiger partial charge in [0, 0.05) is 18.6 Å². The highest BCUT2D eigenvalue weighted by Gasteiger charge is 2.12. The van der Waals surface area contributed by atoms with Crippen LogP contribution in [0.25, 0.3) is 11.1 Å². The first kappa shape index (κ1) is 17.4. The molecule has 0 spiro atoms. The van der Waals surface area contributed by atoms with E-state index >= 15 is 0 Å². The fraction of sp³-hybridized carbons (Fsp3) is 0.211. The first-order valence-electron chi connectivity index (χ1n) is 7.73. The van der Waals surface area contributed by atoms with Gasteiger partial charge < -0.3 is 9.84 Å². The Morgan fingerprint density at radius 2 is 2.00 bits per heavy atom. The molecule has 0 amide bonds. The van der Waals surface area contributed by atoms with Crippen molar-refractivity contribution in [3.05, 3.63) is 60.1 Å². The topological polar surface area (TPSA) is 71.8 Å². The van der Waals surface area contributed by atoms with Gasteiger partial charge in [0.2, 0.25) is 0 Å². The van der Waals surface area contributed by atoms with Crippen molar-refractivity contribution in [3.8, 4) is 11.1 Å². The van der Waals surface area contributed by atoms with E-state index in [9.17, 15) is 9.90 Å². The molecule has 1 aromatic carbocycles. The number of carbonyl (C=O) groups is 1. The second kappa shape index (κ2) is 8.62. The fourth-order valence-corrected chi connectivity index (χ4v) is 2.02. The summed E-state index contributed by atoms with van der Waals surface area (Å²) in [7, 11) is 0. The summed E-state index contributed by atoms with van der Waals surface area (Å²) in [6.45, 7) is 3.64. The second-order valence-corrected chi connectivity index (χ2v) is 5.18. The third-order valence-corrected chi connectivity index (χ3v) is 3.25. The molecule has 2 rings (SSSR count). The number of ether oxygens (including phenoxy) is 1. The molecule has 0 saturated heterocycles. The Morgan fingerprint density at radius 3 is 2.67 bits per heavy atom. The average Bonchev–Trinajstić information content (AvgIpc) is 2.61. The highest BCUT2D eigenvalue weighted by atomic mass is 16.5. The number of hydrogen-bond acceptors (Lipinski definition) is 5. The number of pyridine rings is 1. The number of allylic oxidation sites excluding steroid dienone is 1. The lowest BCUT2D eigenvalue weighted by atomic mass is 10.1. The van der Waals surface area contributed by atoms with Crippen molar-refractivity contribution in [1.82, 2.24) is 4.98 Å². The maximum absolute atomic E-state index is 11.9. The van der Waals surface area contributed by atoms with Crippen molar-refractivity contribution >= 4 is 17.9 Å². The number of esters is 1. The number of aliphatic imine (C=N–C) groups is 1. The minimum absolute atomic E-state index is 0.0535. The molecule has 1 heterocycles. The number of aromatic nitrogens is 1. The zero-order chi connectivity index (χ0) is 17.4. The van der Waals surface area contributed by atoms with Crippen LogP contribution >= 0.6 is 0 Å². The molecule has 2 aromatic rings. The Morgan fingerprint density at radius 1 is 1.25 bits per heavy atom. The monoisotopic (exact) mass is 324 g/mol. The summed E-state index contributed by atoms with van der Waals surface area (Å²) in [5.74, 6) is -0.698. The maximum atomic E-state index is 11.9. The van der Waals surface area contributed by atoms with E-state index in [1.807, 2.05) is 43.3 Å². The number of aliphatic hydroxyl groups is 1. The Kier molecular flexibility index (Phi) is 6.25. The van der Waals surface area contributed by atoms with Crippen LogP contribution in [0.5, 0.6) is 0 Å². The lowest BCUT2D eigenvalue weighted by Crippen LogP contribution is -2.11. The molecule has 1 aromatic heterocycles. The van der Waals surface area contributed by atoms with E-state index in [0.29, 0.717) is 18.7 Å². The summed E-state index contributed by atoms with van der Waals surface area (Å²) in [5.41, 5.74) is 2.74. The molecule has 5 nitrogen and oxygen atoms in total. The van der Waals surface area contributed by atoms with Crippen LogP contribution in [0.4, 0.5) is 5.69 Å². The highest BCUT2D eigenvalue weighted by Crippen LogP contribution is 2.23. The van der Waals surface area contributed by atoms with Crippen LogP contribution in [0.2, 0.25) is 0 Å². The van der Waals surface area contributed by atoms with E-state index in [0.717, 1.165) is 11.1 Å². The van der Waals surface area contributed by atoms with Gasteiger partial charge in [-0.1, -0.05) is 19.1 Å². The number of nitrogens with zero attached hydrogens (tertiary/aromatic N) is 2. The zero-order valence-corrected chi connectivity index (χ0v) is 13.8. The molecular weight excluding hydrogens is 304 g/mol. The van der Waals surface area contributed by atoms with Gasteiger partial charge in [0.15, 0.2) is 0 Å². The molecule has 0 radical (unpaired) electrons. The molecule has 5 heteroatoms. The zero-order valence-electron chi connectivity index (χ0n) is 13.8. The second-order valence-electron chi connectivity index (χ2n) is 5.18. The van der Waals surface area contributed by atoms with Crippen LogP contribution in [-0.4, -0.2) is 28.9 Å². The largest absolute Gasteiger partial charge is 0.512 e. The Hall–Kier alpha value is -2.95. The lowest BCUT2D eigenvalue weighted by molar-refractivity contribution is -0.138. The summed E-state index contributed by atoms with van der Waals surface area (Å²) < 4.78 is 5.04. The molecule has 124 valence electrons. The molecule has 0 fully saturated rings. The molecule has 0 saturated carbocycles. The summed E-state index contributed by atoms with van der Waals surface area (Å²) in [6, 6.07) is 11.4. The van der Waals surface area contributed by atoms with Gasteiger partial charge in [0.1, 0.15) is 11.3 Å². The van der Waals surface area contributed by atoms with Gasteiger partial charge in [0.25, 0.3) is 0 Å². The van der Waals surface area contributed by atoms with E-state index in [1.54, 1.807) is 12.4 Å². The van der Waals surface area contributed by atoms with Gasteiger partial charge in [-0.25, -0.2) is 4.79 Å². The first-order chi connectivity index (χ1) is 11.6. The molecule has 24 heavy (non-hydrogen) atoms. The average molecular weight is 324 g/mol. The van der Waals surface area contributed by atoms with E-state index in [2.05, 4.69) is 9.98 Å². The van der Waals surface area contributed by atoms with E-state index in [4.69, 9.17) is 4.74 Å². The smallest absolute Gasteiger partial charge is 0.343 e. The van der Waals surface area contributed by atoms with Crippen molar-refractivity contribution in [1.29, 1.82) is 0 Å². The van der Waals surface area contributed by atoms with Gasteiger partial charge in [-0.15, -0.1) is 0 Å². The number of hydrogen-bond donors (Lipinski definition) is 1. The Balaban J connectivity index is 2.21. The van der Waals surface area contributed by atoms with Crippen molar-refractivity contribution in [2.24, 2.45) is 4.99 Å². The highest BCUT2D eigenvalue weighted by molar-refractivity contribution is 6.10. The van der Waals surface area contributed by atoms with Crippen LogP contribution in [-0.2, 0) is 9.53 Å². The fourth-order valence-electron chi connectivity index (χ4n) is 2.02. The van der Waals surface area contributed by atoms with Gasteiger partial charge >= 0.3 is 5.97 Å². The molecule has 0 atom stereocenters. The standard InChI is InChI=1S/C19H20N2O3/c1-3-11-24-19(23)18(14(2)22)13-21-17-6-4-5-16(12-17)15-7-9-20-10-8-15/h4-10,12-13,22H,3,11H2,1-2H3. The minimum atomic E-state index is -0.578. The third-order valence-electron chi connectivity index (χ3n) is 3.25. The van der Waals surface area contributed by atoms with Gasteiger partial charge in [-0.2, -0.15) is 0 Å². The summed E-state index contributed by atoms with van der Waals surface area (Å²) >= 11 is 0. The number of aliphatic hydroxyl groups excluding tert-OH is 1. The molecule has 0 aliphatic rings. The predicted octanol–water partition coefficient (Wildman–Crippen LogP) is 4.24. The Bertz CT molecular complexity index is 748. The molecular formula is C19H20N2O3. The predicted molar refractivity (Wildman–Crippen MR) is 94.4 cm³/mol.